The Morgan fingerprint density at radius 1 is 1.21 bits per heavy atom. The molecule has 0 saturated carbocycles. The SMILES string of the molecule is CCN(C)c1nccc2ccccc12. The van der Waals surface area contributed by atoms with Gasteiger partial charge < -0.3 is 4.90 Å². The van der Waals surface area contributed by atoms with Gasteiger partial charge in [-0.3, -0.25) is 0 Å². The largest absolute Gasteiger partial charge is 0.359 e. The number of anilines is 1. The van der Waals surface area contributed by atoms with Crippen LogP contribution < -0.4 is 4.90 Å². The lowest BCUT2D eigenvalue weighted by Gasteiger charge is -2.17. The molecule has 0 N–H and O–H groups in total. The summed E-state index contributed by atoms with van der Waals surface area (Å²) >= 11 is 0. The third-order valence-corrected chi connectivity index (χ3v) is 2.49. The number of fused-ring (bicyclic) bond motifs is 1. The van der Waals surface area contributed by atoms with Gasteiger partial charge in [-0.15, -0.1) is 0 Å². The first-order chi connectivity index (χ1) is 6.83. The van der Waals surface area contributed by atoms with Gasteiger partial charge in [-0.2, -0.15) is 0 Å². The summed E-state index contributed by atoms with van der Waals surface area (Å²) in [7, 11) is 2.06. The predicted molar refractivity (Wildman–Crippen MR) is 60.7 cm³/mol. The third kappa shape index (κ3) is 1.43. The van der Waals surface area contributed by atoms with Crippen molar-refractivity contribution in [3.63, 3.8) is 0 Å². The maximum absolute atomic E-state index is 4.40. The lowest BCUT2D eigenvalue weighted by atomic mass is 10.1. The molecule has 0 amide bonds. The predicted octanol–water partition coefficient (Wildman–Crippen LogP) is 2.69. The fourth-order valence-electron chi connectivity index (χ4n) is 1.56. The van der Waals surface area contributed by atoms with E-state index in [1.807, 2.05) is 12.3 Å². The molecule has 1 heterocycles. The molecule has 0 spiro atoms. The van der Waals surface area contributed by atoms with E-state index >= 15 is 0 Å². The van der Waals surface area contributed by atoms with Crippen molar-refractivity contribution in [2.45, 2.75) is 6.92 Å². The molecule has 0 aliphatic rings. The molecular weight excluding hydrogens is 172 g/mol. The topological polar surface area (TPSA) is 16.1 Å². The van der Waals surface area contributed by atoms with Crippen molar-refractivity contribution in [2.75, 3.05) is 18.5 Å². The maximum atomic E-state index is 4.40. The van der Waals surface area contributed by atoms with Gasteiger partial charge in [0.25, 0.3) is 0 Å². The molecule has 0 radical (unpaired) electrons. The van der Waals surface area contributed by atoms with Crippen LogP contribution in [0.1, 0.15) is 6.92 Å². The molecule has 1 aromatic carbocycles. The average molecular weight is 186 g/mol. The molecule has 72 valence electrons. The van der Waals surface area contributed by atoms with Crippen LogP contribution in [-0.2, 0) is 0 Å². The first-order valence-electron chi connectivity index (χ1n) is 4.88. The Morgan fingerprint density at radius 2 is 2.00 bits per heavy atom. The zero-order chi connectivity index (χ0) is 9.97. The van der Waals surface area contributed by atoms with Gasteiger partial charge in [-0.1, -0.05) is 24.3 Å². The van der Waals surface area contributed by atoms with Crippen LogP contribution in [0.3, 0.4) is 0 Å². The Bertz CT molecular complexity index is 432. The molecule has 0 aliphatic heterocycles. The Morgan fingerprint density at radius 3 is 2.79 bits per heavy atom. The Kier molecular flexibility index (Phi) is 2.35. The monoisotopic (exact) mass is 186 g/mol. The van der Waals surface area contributed by atoms with E-state index in [4.69, 9.17) is 0 Å². The first kappa shape index (κ1) is 9.00. The minimum absolute atomic E-state index is 0.973. The molecule has 0 unspecified atom stereocenters. The highest BCUT2D eigenvalue weighted by molar-refractivity contribution is 5.91. The molecule has 0 saturated heterocycles. The van der Waals surface area contributed by atoms with Crippen LogP contribution in [0.25, 0.3) is 10.8 Å². The molecule has 2 rings (SSSR count). The molecule has 0 atom stereocenters. The minimum atomic E-state index is 0.973. The summed E-state index contributed by atoms with van der Waals surface area (Å²) in [4.78, 5) is 6.56. The average Bonchev–Trinajstić information content (AvgIpc) is 2.27. The van der Waals surface area contributed by atoms with Crippen LogP contribution in [0.15, 0.2) is 36.5 Å². The highest BCUT2D eigenvalue weighted by Crippen LogP contribution is 2.22. The number of hydrogen-bond acceptors (Lipinski definition) is 2. The zero-order valence-corrected chi connectivity index (χ0v) is 8.57. The second kappa shape index (κ2) is 3.66. The molecule has 2 aromatic rings. The van der Waals surface area contributed by atoms with Crippen molar-refractivity contribution in [1.82, 2.24) is 4.98 Å². The number of nitrogens with zero attached hydrogens (tertiary/aromatic N) is 2. The third-order valence-electron chi connectivity index (χ3n) is 2.49. The summed E-state index contributed by atoms with van der Waals surface area (Å²) in [6, 6.07) is 10.4. The van der Waals surface area contributed by atoms with Crippen molar-refractivity contribution >= 4 is 16.6 Å². The van der Waals surface area contributed by atoms with Crippen molar-refractivity contribution in [1.29, 1.82) is 0 Å². The molecule has 0 aliphatic carbocycles. The number of pyridine rings is 1. The van der Waals surface area contributed by atoms with E-state index in [0.29, 0.717) is 0 Å². The number of rotatable bonds is 2. The molecule has 2 heteroatoms. The molecule has 1 aromatic heterocycles. The standard InChI is InChI=1S/C12H14N2/c1-3-14(2)12-11-7-5-4-6-10(11)8-9-13-12/h4-9H,3H2,1-2H3. The normalized spacial score (nSPS) is 10.4. The van der Waals surface area contributed by atoms with E-state index < -0.39 is 0 Å². The van der Waals surface area contributed by atoms with Crippen LogP contribution in [0.2, 0.25) is 0 Å². The van der Waals surface area contributed by atoms with Crippen molar-refractivity contribution < 1.29 is 0 Å². The van der Waals surface area contributed by atoms with Crippen LogP contribution in [0.4, 0.5) is 5.82 Å². The van der Waals surface area contributed by atoms with E-state index in [0.717, 1.165) is 12.4 Å². The van der Waals surface area contributed by atoms with Crippen LogP contribution in [0.5, 0.6) is 0 Å². The lowest BCUT2D eigenvalue weighted by molar-refractivity contribution is 0.946. The summed E-state index contributed by atoms with van der Waals surface area (Å²) in [5, 5.41) is 2.47. The Hall–Kier alpha value is -1.57. The van der Waals surface area contributed by atoms with Gasteiger partial charge in [-0.05, 0) is 18.4 Å². The lowest BCUT2D eigenvalue weighted by Crippen LogP contribution is -2.17. The van der Waals surface area contributed by atoms with Crippen LogP contribution in [-0.4, -0.2) is 18.6 Å². The first-order valence-corrected chi connectivity index (χ1v) is 4.88. The van der Waals surface area contributed by atoms with Crippen molar-refractivity contribution in [3.05, 3.63) is 36.5 Å². The molecule has 0 bridgehead atoms. The second-order valence-corrected chi connectivity index (χ2v) is 3.37. The van der Waals surface area contributed by atoms with Gasteiger partial charge in [0.15, 0.2) is 0 Å². The molecule has 14 heavy (non-hydrogen) atoms. The highest BCUT2D eigenvalue weighted by Gasteiger charge is 2.04. The summed E-state index contributed by atoms with van der Waals surface area (Å²) in [6.45, 7) is 3.10. The van der Waals surface area contributed by atoms with Crippen molar-refractivity contribution in [3.8, 4) is 0 Å². The van der Waals surface area contributed by atoms with Gasteiger partial charge in [0.1, 0.15) is 5.82 Å². The molecule has 2 nitrogen and oxygen atoms in total. The van der Waals surface area contributed by atoms with E-state index in [9.17, 15) is 0 Å². The Balaban J connectivity index is 2.65. The number of benzene rings is 1. The van der Waals surface area contributed by atoms with Gasteiger partial charge in [-0.25, -0.2) is 4.98 Å². The van der Waals surface area contributed by atoms with E-state index in [1.54, 1.807) is 0 Å². The smallest absolute Gasteiger partial charge is 0.136 e. The summed E-state index contributed by atoms with van der Waals surface area (Å²) in [5.74, 6) is 1.06. The molecule has 0 fully saturated rings. The molecular formula is C12H14N2. The number of hydrogen-bond donors (Lipinski definition) is 0. The Labute approximate surface area is 84.2 Å². The summed E-state index contributed by atoms with van der Waals surface area (Å²) in [5.41, 5.74) is 0. The van der Waals surface area contributed by atoms with Gasteiger partial charge in [0, 0.05) is 25.2 Å². The number of aromatic nitrogens is 1. The fourth-order valence-corrected chi connectivity index (χ4v) is 1.56. The van der Waals surface area contributed by atoms with E-state index in [-0.39, 0.29) is 0 Å². The van der Waals surface area contributed by atoms with Gasteiger partial charge in [0.2, 0.25) is 0 Å². The van der Waals surface area contributed by atoms with Gasteiger partial charge in [0.05, 0.1) is 0 Å². The zero-order valence-electron chi connectivity index (χ0n) is 8.57. The van der Waals surface area contributed by atoms with E-state index in [1.165, 1.54) is 10.8 Å². The van der Waals surface area contributed by atoms with E-state index in [2.05, 4.69) is 48.1 Å². The maximum Gasteiger partial charge on any atom is 0.136 e. The second-order valence-electron chi connectivity index (χ2n) is 3.37. The quantitative estimate of drug-likeness (QED) is 0.716. The summed E-state index contributed by atoms with van der Waals surface area (Å²) in [6.07, 6.45) is 1.86. The highest BCUT2D eigenvalue weighted by atomic mass is 15.2. The fraction of sp³-hybridized carbons (Fsp3) is 0.250. The van der Waals surface area contributed by atoms with Gasteiger partial charge >= 0.3 is 0 Å². The van der Waals surface area contributed by atoms with Crippen LogP contribution >= 0.6 is 0 Å². The minimum Gasteiger partial charge on any atom is -0.359 e. The van der Waals surface area contributed by atoms with Crippen molar-refractivity contribution in [2.24, 2.45) is 0 Å². The van der Waals surface area contributed by atoms with Crippen LogP contribution in [0, 0.1) is 0 Å². The summed E-state index contributed by atoms with van der Waals surface area (Å²) < 4.78 is 0.